The van der Waals surface area contributed by atoms with Gasteiger partial charge in [0.1, 0.15) is 0 Å². The number of hydrogen-bond acceptors (Lipinski definition) is 4. The lowest BCUT2D eigenvalue weighted by Gasteiger charge is -2.19. The lowest BCUT2D eigenvalue weighted by molar-refractivity contribution is 0.271. The number of rotatable bonds is 3. The first-order chi connectivity index (χ1) is 7.20. The molecule has 1 aliphatic rings. The van der Waals surface area contributed by atoms with Crippen LogP contribution >= 0.6 is 11.3 Å². The van der Waals surface area contributed by atoms with E-state index in [0.29, 0.717) is 12.0 Å². The molecule has 1 atom stereocenters. The van der Waals surface area contributed by atoms with Crippen LogP contribution in [0.3, 0.4) is 0 Å². The maximum absolute atomic E-state index is 8.97. The van der Waals surface area contributed by atoms with Gasteiger partial charge >= 0.3 is 0 Å². The Morgan fingerprint density at radius 3 is 3.00 bits per heavy atom. The lowest BCUT2D eigenvalue weighted by Crippen LogP contribution is -2.27. The molecule has 4 heteroatoms. The summed E-state index contributed by atoms with van der Waals surface area (Å²) in [5.74, 6) is 0.581. The topological polar surface area (TPSA) is 36.4 Å². The third kappa shape index (κ3) is 2.38. The first-order valence-electron chi connectivity index (χ1n) is 5.50. The van der Waals surface area contributed by atoms with E-state index in [1.165, 1.54) is 18.0 Å². The number of nitrogens with zero attached hydrogens (tertiary/aromatic N) is 2. The molecule has 0 amide bonds. The molecule has 1 fully saturated rings. The van der Waals surface area contributed by atoms with Crippen LogP contribution in [0.1, 0.15) is 36.9 Å². The molecule has 0 saturated carbocycles. The van der Waals surface area contributed by atoms with Gasteiger partial charge in [0, 0.05) is 23.9 Å². The number of aliphatic hydroxyl groups excluding tert-OH is 1. The van der Waals surface area contributed by atoms with Crippen molar-refractivity contribution >= 4 is 11.3 Å². The van der Waals surface area contributed by atoms with Gasteiger partial charge in [0.05, 0.1) is 17.3 Å². The summed E-state index contributed by atoms with van der Waals surface area (Å²) in [6.45, 7) is 6.84. The van der Waals surface area contributed by atoms with Crippen molar-refractivity contribution < 1.29 is 5.11 Å². The lowest BCUT2D eigenvalue weighted by atomic mass is 10.1. The van der Waals surface area contributed by atoms with Crippen LogP contribution in [0.5, 0.6) is 0 Å². The van der Waals surface area contributed by atoms with E-state index in [0.717, 1.165) is 12.2 Å². The Balaban J connectivity index is 2.01. The fraction of sp³-hybridized carbons (Fsp3) is 0.727. The molecule has 15 heavy (non-hydrogen) atoms. The van der Waals surface area contributed by atoms with E-state index >= 15 is 0 Å². The Labute approximate surface area is 94.8 Å². The fourth-order valence-corrected chi connectivity index (χ4v) is 2.98. The van der Waals surface area contributed by atoms with Crippen molar-refractivity contribution in [3.8, 4) is 0 Å². The van der Waals surface area contributed by atoms with E-state index in [4.69, 9.17) is 5.11 Å². The van der Waals surface area contributed by atoms with Crippen molar-refractivity contribution in [2.75, 3.05) is 13.1 Å². The minimum Gasteiger partial charge on any atom is -0.390 e. The standard InChI is InChI=1S/C11H18N2OS/c1-8(2)13-4-3-9(5-13)11-12-10(6-14)7-15-11/h7-9,14H,3-6H2,1-2H3. The van der Waals surface area contributed by atoms with Crippen molar-refractivity contribution in [1.82, 2.24) is 9.88 Å². The van der Waals surface area contributed by atoms with Gasteiger partial charge in [-0.05, 0) is 26.8 Å². The third-order valence-electron chi connectivity index (χ3n) is 3.03. The molecule has 2 rings (SSSR count). The second kappa shape index (κ2) is 4.60. The predicted octanol–water partition coefficient (Wildman–Crippen LogP) is 1.83. The van der Waals surface area contributed by atoms with Crippen LogP contribution in [0, 0.1) is 0 Å². The van der Waals surface area contributed by atoms with Crippen LogP contribution < -0.4 is 0 Å². The fourth-order valence-electron chi connectivity index (χ4n) is 2.04. The monoisotopic (exact) mass is 226 g/mol. The van der Waals surface area contributed by atoms with Gasteiger partial charge in [-0.2, -0.15) is 0 Å². The van der Waals surface area contributed by atoms with E-state index in [1.54, 1.807) is 11.3 Å². The highest BCUT2D eigenvalue weighted by atomic mass is 32.1. The average molecular weight is 226 g/mol. The number of hydrogen-bond donors (Lipinski definition) is 1. The Morgan fingerprint density at radius 1 is 1.67 bits per heavy atom. The van der Waals surface area contributed by atoms with E-state index in [9.17, 15) is 0 Å². The summed E-state index contributed by atoms with van der Waals surface area (Å²) in [4.78, 5) is 6.94. The van der Waals surface area contributed by atoms with Crippen LogP contribution in [-0.2, 0) is 6.61 Å². The highest BCUT2D eigenvalue weighted by Gasteiger charge is 2.27. The molecule has 0 bridgehead atoms. The second-order valence-electron chi connectivity index (χ2n) is 4.41. The first kappa shape index (κ1) is 11.0. The number of likely N-dealkylation sites (tertiary alicyclic amines) is 1. The SMILES string of the molecule is CC(C)N1CCC(c2nc(CO)cs2)C1. The van der Waals surface area contributed by atoms with Gasteiger partial charge < -0.3 is 10.0 Å². The number of thiazole rings is 1. The Kier molecular flexibility index (Phi) is 3.38. The van der Waals surface area contributed by atoms with Crippen molar-refractivity contribution in [2.24, 2.45) is 0 Å². The van der Waals surface area contributed by atoms with Gasteiger partial charge in [-0.25, -0.2) is 4.98 Å². The van der Waals surface area contributed by atoms with Crippen LogP contribution in [0.4, 0.5) is 0 Å². The normalized spacial score (nSPS) is 22.8. The van der Waals surface area contributed by atoms with Crippen molar-refractivity contribution in [3.05, 3.63) is 16.1 Å². The summed E-state index contributed by atoms with van der Waals surface area (Å²) in [6, 6.07) is 0.632. The zero-order valence-electron chi connectivity index (χ0n) is 9.31. The summed E-state index contributed by atoms with van der Waals surface area (Å²) >= 11 is 1.69. The van der Waals surface area contributed by atoms with Crippen LogP contribution in [0.15, 0.2) is 5.38 Å². The number of aliphatic hydroxyl groups is 1. The molecule has 3 nitrogen and oxygen atoms in total. The molecule has 1 N–H and O–H groups in total. The average Bonchev–Trinajstić information content (AvgIpc) is 2.86. The number of aromatic nitrogens is 1. The minimum absolute atomic E-state index is 0.0666. The van der Waals surface area contributed by atoms with E-state index in [1.807, 2.05) is 5.38 Å². The Bertz CT molecular complexity index is 324. The Morgan fingerprint density at radius 2 is 2.47 bits per heavy atom. The minimum atomic E-state index is 0.0666. The zero-order valence-corrected chi connectivity index (χ0v) is 10.1. The van der Waals surface area contributed by atoms with Gasteiger partial charge in [0.15, 0.2) is 0 Å². The molecular weight excluding hydrogens is 208 g/mol. The summed E-state index contributed by atoms with van der Waals surface area (Å²) in [5, 5.41) is 12.1. The molecule has 0 radical (unpaired) electrons. The molecule has 1 aromatic rings. The largest absolute Gasteiger partial charge is 0.390 e. The summed E-state index contributed by atoms with van der Waals surface area (Å²) < 4.78 is 0. The van der Waals surface area contributed by atoms with Crippen LogP contribution in [-0.4, -0.2) is 34.1 Å². The Hall–Kier alpha value is -0.450. The molecule has 84 valence electrons. The predicted molar refractivity (Wildman–Crippen MR) is 62.1 cm³/mol. The van der Waals surface area contributed by atoms with Crippen LogP contribution in [0.2, 0.25) is 0 Å². The van der Waals surface area contributed by atoms with E-state index in [-0.39, 0.29) is 6.61 Å². The molecule has 1 saturated heterocycles. The molecule has 0 aliphatic carbocycles. The van der Waals surface area contributed by atoms with Gasteiger partial charge in [0.2, 0.25) is 0 Å². The highest BCUT2D eigenvalue weighted by molar-refractivity contribution is 7.09. The zero-order chi connectivity index (χ0) is 10.8. The smallest absolute Gasteiger partial charge is 0.0973 e. The molecule has 1 aromatic heterocycles. The summed E-state index contributed by atoms with van der Waals surface area (Å²) in [7, 11) is 0. The maximum Gasteiger partial charge on any atom is 0.0973 e. The van der Waals surface area contributed by atoms with Crippen LogP contribution in [0.25, 0.3) is 0 Å². The molecule has 1 unspecified atom stereocenters. The van der Waals surface area contributed by atoms with Gasteiger partial charge in [-0.3, -0.25) is 0 Å². The van der Waals surface area contributed by atoms with Gasteiger partial charge in [0.25, 0.3) is 0 Å². The van der Waals surface area contributed by atoms with E-state index in [2.05, 4.69) is 23.7 Å². The first-order valence-corrected chi connectivity index (χ1v) is 6.38. The maximum atomic E-state index is 8.97. The molecule has 2 heterocycles. The highest BCUT2D eigenvalue weighted by Crippen LogP contribution is 2.30. The van der Waals surface area contributed by atoms with E-state index < -0.39 is 0 Å². The summed E-state index contributed by atoms with van der Waals surface area (Å²) in [6.07, 6.45) is 1.20. The molecule has 1 aliphatic heterocycles. The van der Waals surface area contributed by atoms with Gasteiger partial charge in [-0.15, -0.1) is 11.3 Å². The van der Waals surface area contributed by atoms with Crippen molar-refractivity contribution in [2.45, 2.75) is 38.8 Å². The molecule has 0 spiro atoms. The summed E-state index contributed by atoms with van der Waals surface area (Å²) in [5.41, 5.74) is 0.818. The molecular formula is C11H18N2OS. The van der Waals surface area contributed by atoms with Gasteiger partial charge in [-0.1, -0.05) is 0 Å². The third-order valence-corrected chi connectivity index (χ3v) is 4.09. The second-order valence-corrected chi connectivity index (χ2v) is 5.30. The quantitative estimate of drug-likeness (QED) is 0.854. The van der Waals surface area contributed by atoms with Crippen molar-refractivity contribution in [3.63, 3.8) is 0 Å². The molecule has 0 aromatic carbocycles. The van der Waals surface area contributed by atoms with Crippen molar-refractivity contribution in [1.29, 1.82) is 0 Å².